The first-order chi connectivity index (χ1) is 11.1. The highest BCUT2D eigenvalue weighted by Gasteiger charge is 2.20. The van der Waals surface area contributed by atoms with E-state index in [9.17, 15) is 4.39 Å². The highest BCUT2D eigenvalue weighted by Crippen LogP contribution is 2.34. The number of hydrazine groups is 1. The molecule has 0 bridgehead atoms. The standard InChI is InChI=1S/C18H23FN4/c1-5-14(3)22(6-2)15(4)17-10-7-9-16(13-19)18(17)23-20-11-8-12-21-23/h7-12,20H,3-6,13H2,1-2H3. The van der Waals surface area contributed by atoms with Crippen LogP contribution >= 0.6 is 0 Å². The summed E-state index contributed by atoms with van der Waals surface area (Å²) in [7, 11) is 0. The lowest BCUT2D eigenvalue weighted by Crippen LogP contribution is -2.33. The van der Waals surface area contributed by atoms with Gasteiger partial charge in [-0.15, -0.1) is 0 Å². The molecule has 1 aromatic carbocycles. The van der Waals surface area contributed by atoms with Gasteiger partial charge < -0.3 is 4.90 Å². The third kappa shape index (κ3) is 3.44. The summed E-state index contributed by atoms with van der Waals surface area (Å²) < 4.78 is 13.5. The van der Waals surface area contributed by atoms with Crippen LogP contribution in [-0.2, 0) is 6.67 Å². The van der Waals surface area contributed by atoms with Crippen LogP contribution in [0.2, 0.25) is 0 Å². The van der Waals surface area contributed by atoms with Crippen molar-refractivity contribution in [3.8, 4) is 0 Å². The van der Waals surface area contributed by atoms with Crippen molar-refractivity contribution in [1.82, 2.24) is 10.3 Å². The number of halogens is 1. The van der Waals surface area contributed by atoms with Crippen molar-refractivity contribution in [1.29, 1.82) is 0 Å². The average Bonchev–Trinajstić information content (AvgIpc) is 2.61. The van der Waals surface area contributed by atoms with E-state index in [0.29, 0.717) is 11.3 Å². The predicted molar refractivity (Wildman–Crippen MR) is 95.3 cm³/mol. The molecule has 1 N–H and O–H groups in total. The summed E-state index contributed by atoms with van der Waals surface area (Å²) in [5.41, 5.74) is 6.83. The molecule has 0 amide bonds. The number of rotatable bonds is 7. The number of hydrogen-bond acceptors (Lipinski definition) is 4. The molecule has 0 unspecified atom stereocenters. The van der Waals surface area contributed by atoms with Gasteiger partial charge in [-0.2, -0.15) is 10.2 Å². The lowest BCUT2D eigenvalue weighted by Gasteiger charge is -2.31. The first-order valence-electron chi connectivity index (χ1n) is 7.71. The quantitative estimate of drug-likeness (QED) is 0.818. The zero-order valence-corrected chi connectivity index (χ0v) is 13.7. The van der Waals surface area contributed by atoms with Gasteiger partial charge in [-0.05, 0) is 19.4 Å². The Hall–Kier alpha value is -2.56. The SMILES string of the molecule is C=C(CC)N(CC)C(=C)c1cccc(CF)c1N1N=CC=CN1. The summed E-state index contributed by atoms with van der Waals surface area (Å²) >= 11 is 0. The number of hydrazone groups is 1. The summed E-state index contributed by atoms with van der Waals surface area (Å²) in [5.74, 6) is 0. The molecule has 5 heteroatoms. The minimum atomic E-state index is -0.575. The Balaban J connectivity index is 2.49. The van der Waals surface area contributed by atoms with Crippen molar-refractivity contribution < 1.29 is 4.39 Å². The first-order valence-corrected chi connectivity index (χ1v) is 7.71. The molecule has 0 radical (unpaired) electrons. The largest absolute Gasteiger partial charge is 0.346 e. The molecule has 0 spiro atoms. The minimum absolute atomic E-state index is 0.557. The van der Waals surface area contributed by atoms with Crippen molar-refractivity contribution in [2.75, 3.05) is 11.7 Å². The lowest BCUT2D eigenvalue weighted by molar-refractivity contribution is 0.483. The molecule has 2 rings (SSSR count). The number of benzene rings is 1. The van der Waals surface area contributed by atoms with E-state index >= 15 is 0 Å². The van der Waals surface area contributed by atoms with Gasteiger partial charge in [0, 0.05) is 35.3 Å². The topological polar surface area (TPSA) is 30.9 Å². The molecule has 4 nitrogen and oxygen atoms in total. The second kappa shape index (κ2) is 7.63. The molecule has 1 aliphatic heterocycles. The van der Waals surface area contributed by atoms with Crippen molar-refractivity contribution >= 4 is 17.6 Å². The normalized spacial score (nSPS) is 12.9. The van der Waals surface area contributed by atoms with Crippen molar-refractivity contribution in [3.05, 3.63) is 60.5 Å². The summed E-state index contributed by atoms with van der Waals surface area (Å²) in [6.07, 6.45) is 6.01. The number of anilines is 1. The zero-order chi connectivity index (χ0) is 16.8. The molecule has 122 valence electrons. The van der Waals surface area contributed by atoms with Gasteiger partial charge in [-0.1, -0.05) is 38.3 Å². The highest BCUT2D eigenvalue weighted by molar-refractivity contribution is 5.80. The van der Waals surface area contributed by atoms with Gasteiger partial charge in [0.2, 0.25) is 0 Å². The van der Waals surface area contributed by atoms with E-state index in [4.69, 9.17) is 0 Å². The summed E-state index contributed by atoms with van der Waals surface area (Å²) in [5, 5.41) is 5.83. The maximum absolute atomic E-state index is 13.5. The molecular weight excluding hydrogens is 291 g/mol. The Morgan fingerprint density at radius 1 is 1.35 bits per heavy atom. The van der Waals surface area contributed by atoms with Crippen LogP contribution < -0.4 is 10.5 Å². The third-order valence-corrected chi connectivity index (χ3v) is 3.78. The Morgan fingerprint density at radius 2 is 2.13 bits per heavy atom. The van der Waals surface area contributed by atoms with Gasteiger partial charge >= 0.3 is 0 Å². The number of nitrogens with one attached hydrogen (secondary N) is 1. The van der Waals surface area contributed by atoms with Crippen LogP contribution in [0.5, 0.6) is 0 Å². The third-order valence-electron chi connectivity index (χ3n) is 3.78. The fraction of sp³-hybridized carbons (Fsp3) is 0.278. The molecule has 23 heavy (non-hydrogen) atoms. The van der Waals surface area contributed by atoms with Crippen molar-refractivity contribution in [2.24, 2.45) is 5.10 Å². The molecule has 1 aromatic rings. The van der Waals surface area contributed by atoms with E-state index < -0.39 is 6.67 Å². The molecule has 0 saturated carbocycles. The number of hydrogen-bond donors (Lipinski definition) is 1. The average molecular weight is 314 g/mol. The molecule has 0 fully saturated rings. The van der Waals surface area contributed by atoms with Crippen molar-refractivity contribution in [3.63, 3.8) is 0 Å². The Morgan fingerprint density at radius 3 is 2.70 bits per heavy atom. The molecule has 0 atom stereocenters. The maximum atomic E-state index is 13.5. The van der Waals surface area contributed by atoms with Crippen LogP contribution in [0.15, 0.2) is 54.4 Å². The Bertz CT molecular complexity index is 648. The van der Waals surface area contributed by atoms with Gasteiger partial charge in [-0.3, -0.25) is 5.43 Å². The number of alkyl halides is 1. The fourth-order valence-corrected chi connectivity index (χ4v) is 2.54. The van der Waals surface area contributed by atoms with Gasteiger partial charge in [-0.25, -0.2) is 4.39 Å². The molecule has 0 aliphatic carbocycles. The lowest BCUT2D eigenvalue weighted by atomic mass is 10.0. The van der Waals surface area contributed by atoms with Crippen LogP contribution in [0.1, 0.15) is 31.4 Å². The van der Waals surface area contributed by atoms with E-state index in [1.165, 1.54) is 0 Å². The van der Waals surface area contributed by atoms with Crippen LogP contribution in [-0.4, -0.2) is 17.7 Å². The maximum Gasteiger partial charge on any atom is 0.117 e. The Kier molecular flexibility index (Phi) is 5.57. The van der Waals surface area contributed by atoms with Crippen LogP contribution in [0.3, 0.4) is 0 Å². The second-order valence-corrected chi connectivity index (χ2v) is 5.12. The van der Waals surface area contributed by atoms with Crippen LogP contribution in [0.4, 0.5) is 10.1 Å². The molecule has 1 aliphatic rings. The van der Waals surface area contributed by atoms with Gasteiger partial charge in [0.1, 0.15) is 6.67 Å². The van der Waals surface area contributed by atoms with Crippen LogP contribution in [0, 0.1) is 0 Å². The number of nitrogens with zero attached hydrogens (tertiary/aromatic N) is 3. The molecule has 0 saturated heterocycles. The Labute approximate surface area is 137 Å². The van der Waals surface area contributed by atoms with Crippen molar-refractivity contribution in [2.45, 2.75) is 26.9 Å². The zero-order valence-electron chi connectivity index (χ0n) is 13.7. The summed E-state index contributed by atoms with van der Waals surface area (Å²) in [6.45, 7) is 12.6. The monoisotopic (exact) mass is 314 g/mol. The fourth-order valence-electron chi connectivity index (χ4n) is 2.54. The highest BCUT2D eigenvalue weighted by atomic mass is 19.1. The van der Waals surface area contributed by atoms with Gasteiger partial charge in [0.25, 0.3) is 0 Å². The molecule has 0 aromatic heterocycles. The van der Waals surface area contributed by atoms with E-state index in [-0.39, 0.29) is 0 Å². The smallest absolute Gasteiger partial charge is 0.117 e. The van der Waals surface area contributed by atoms with E-state index in [2.05, 4.69) is 30.6 Å². The summed E-state index contributed by atoms with van der Waals surface area (Å²) in [4.78, 5) is 2.05. The summed E-state index contributed by atoms with van der Waals surface area (Å²) in [6, 6.07) is 5.52. The number of allylic oxidation sites excluding steroid dienone is 2. The van der Waals surface area contributed by atoms with Crippen LogP contribution in [0.25, 0.3) is 5.70 Å². The molecular formula is C18H23FN4. The van der Waals surface area contributed by atoms with E-state index in [1.54, 1.807) is 29.7 Å². The van der Waals surface area contributed by atoms with Gasteiger partial charge in [0.15, 0.2) is 0 Å². The predicted octanol–water partition coefficient (Wildman–Crippen LogP) is 4.20. The van der Waals surface area contributed by atoms with E-state index in [1.807, 2.05) is 24.0 Å². The van der Waals surface area contributed by atoms with E-state index in [0.717, 1.165) is 29.9 Å². The minimum Gasteiger partial charge on any atom is -0.346 e. The van der Waals surface area contributed by atoms with Gasteiger partial charge in [0.05, 0.1) is 11.9 Å². The second-order valence-electron chi connectivity index (χ2n) is 5.12. The first kappa shape index (κ1) is 16.8. The number of para-hydroxylation sites is 1. The molecule has 1 heterocycles.